The van der Waals surface area contributed by atoms with Gasteiger partial charge in [0.1, 0.15) is 6.04 Å². The first-order valence-electron chi connectivity index (χ1n) is 7.13. The Kier molecular flexibility index (Phi) is 5.54. The summed E-state index contributed by atoms with van der Waals surface area (Å²) in [7, 11) is 0. The molecule has 2 aliphatic rings. The number of rotatable bonds is 2. The van der Waals surface area contributed by atoms with Crippen molar-refractivity contribution in [3.8, 4) is 0 Å². The number of carbonyl (C=O) groups excluding carboxylic acids is 1. The minimum Gasteiger partial charge on any atom is -0.480 e. The van der Waals surface area contributed by atoms with Gasteiger partial charge in [0.2, 0.25) is 0 Å². The van der Waals surface area contributed by atoms with Crippen LogP contribution in [-0.2, 0) is 4.79 Å². The van der Waals surface area contributed by atoms with Crippen LogP contribution in [0.25, 0.3) is 0 Å². The predicted octanol–water partition coefficient (Wildman–Crippen LogP) is 0.845. The van der Waals surface area contributed by atoms with E-state index >= 15 is 0 Å². The fraction of sp³-hybridized carbons (Fsp3) is 0.846. The molecule has 7 heteroatoms. The minimum atomic E-state index is -0.944. The molecule has 0 spiro atoms. The summed E-state index contributed by atoms with van der Waals surface area (Å²) in [5, 5.41) is 18.7. The minimum absolute atomic E-state index is 0.0495. The zero-order valence-electron chi connectivity index (χ0n) is 11.5. The van der Waals surface area contributed by atoms with Gasteiger partial charge < -0.3 is 20.0 Å². The second-order valence-electron chi connectivity index (χ2n) is 5.28. The lowest BCUT2D eigenvalue weighted by molar-refractivity contribution is -0.141. The molecule has 2 aliphatic heterocycles. The molecule has 0 aliphatic carbocycles. The highest BCUT2D eigenvalue weighted by atomic mass is 32.2. The van der Waals surface area contributed by atoms with Gasteiger partial charge in [-0.1, -0.05) is 12.8 Å². The van der Waals surface area contributed by atoms with E-state index in [2.05, 4.69) is 0 Å². The molecule has 2 atom stereocenters. The summed E-state index contributed by atoms with van der Waals surface area (Å²) in [5.41, 5.74) is 0. The maximum Gasteiger partial charge on any atom is 0.327 e. The standard InChI is InChI=1S/C13H22N2O4S/c16-8-10-4-2-1-3-5-14(10)13(19)15-6-7-20-9-11(15)12(17)18/h10-11,16H,1-9H2,(H,17,18). The van der Waals surface area contributed by atoms with Gasteiger partial charge in [-0.2, -0.15) is 11.8 Å². The molecule has 20 heavy (non-hydrogen) atoms. The molecular weight excluding hydrogens is 280 g/mol. The van der Waals surface area contributed by atoms with Gasteiger partial charge in [-0.3, -0.25) is 0 Å². The summed E-state index contributed by atoms with van der Waals surface area (Å²) >= 11 is 1.57. The van der Waals surface area contributed by atoms with E-state index in [0.717, 1.165) is 31.4 Å². The number of amides is 2. The number of hydrogen-bond acceptors (Lipinski definition) is 4. The Morgan fingerprint density at radius 2 is 1.95 bits per heavy atom. The molecule has 0 radical (unpaired) electrons. The van der Waals surface area contributed by atoms with Crippen molar-refractivity contribution >= 4 is 23.8 Å². The van der Waals surface area contributed by atoms with Gasteiger partial charge in [0.15, 0.2) is 0 Å². The number of aliphatic carboxylic acids is 1. The number of aliphatic hydroxyl groups is 1. The molecule has 2 unspecified atom stereocenters. The predicted molar refractivity (Wildman–Crippen MR) is 76.9 cm³/mol. The number of thioether (sulfide) groups is 1. The zero-order chi connectivity index (χ0) is 14.5. The summed E-state index contributed by atoms with van der Waals surface area (Å²) in [6.45, 7) is 1.03. The quantitative estimate of drug-likeness (QED) is 0.790. The maximum atomic E-state index is 12.7. The Labute approximate surface area is 123 Å². The van der Waals surface area contributed by atoms with Crippen molar-refractivity contribution in [1.82, 2.24) is 9.80 Å². The first-order chi connectivity index (χ1) is 9.65. The first-order valence-corrected chi connectivity index (χ1v) is 8.29. The Bertz CT molecular complexity index is 366. The third-order valence-electron chi connectivity index (χ3n) is 3.99. The molecule has 0 aromatic carbocycles. The Morgan fingerprint density at radius 1 is 1.15 bits per heavy atom. The molecule has 114 valence electrons. The Morgan fingerprint density at radius 3 is 2.65 bits per heavy atom. The topological polar surface area (TPSA) is 81.1 Å². The van der Waals surface area contributed by atoms with Gasteiger partial charge in [0, 0.05) is 24.6 Å². The number of aliphatic hydroxyl groups excluding tert-OH is 1. The lowest BCUT2D eigenvalue weighted by atomic mass is 10.1. The van der Waals surface area contributed by atoms with Gasteiger partial charge in [-0.15, -0.1) is 0 Å². The van der Waals surface area contributed by atoms with Crippen LogP contribution >= 0.6 is 11.8 Å². The van der Waals surface area contributed by atoms with Crippen LogP contribution in [0.15, 0.2) is 0 Å². The average molecular weight is 302 g/mol. The lowest BCUT2D eigenvalue weighted by Gasteiger charge is -2.38. The van der Waals surface area contributed by atoms with Gasteiger partial charge in [-0.25, -0.2) is 9.59 Å². The van der Waals surface area contributed by atoms with Gasteiger partial charge in [-0.05, 0) is 12.8 Å². The molecule has 0 bridgehead atoms. The molecule has 2 saturated heterocycles. The van der Waals surface area contributed by atoms with Crippen molar-refractivity contribution in [3.63, 3.8) is 0 Å². The smallest absolute Gasteiger partial charge is 0.327 e. The Hall–Kier alpha value is -0.950. The summed E-state index contributed by atoms with van der Waals surface area (Å²) in [4.78, 5) is 27.1. The average Bonchev–Trinajstić information content (AvgIpc) is 2.71. The van der Waals surface area contributed by atoms with Gasteiger partial charge >= 0.3 is 12.0 Å². The highest BCUT2D eigenvalue weighted by Crippen LogP contribution is 2.22. The summed E-state index contributed by atoms with van der Waals surface area (Å²) in [5.74, 6) is 0.271. The van der Waals surface area contributed by atoms with Crippen LogP contribution in [0.2, 0.25) is 0 Å². The number of carboxylic acids is 1. The van der Waals surface area contributed by atoms with Gasteiger partial charge in [0.05, 0.1) is 12.6 Å². The van der Waals surface area contributed by atoms with Crippen LogP contribution in [0, 0.1) is 0 Å². The van der Waals surface area contributed by atoms with Crippen LogP contribution in [0.1, 0.15) is 25.7 Å². The van der Waals surface area contributed by atoms with Crippen LogP contribution < -0.4 is 0 Å². The molecule has 0 aromatic rings. The van der Waals surface area contributed by atoms with E-state index in [1.807, 2.05) is 0 Å². The van der Waals surface area contributed by atoms with Crippen LogP contribution in [0.5, 0.6) is 0 Å². The molecule has 2 fully saturated rings. The first kappa shape index (κ1) is 15.4. The number of likely N-dealkylation sites (tertiary alicyclic amines) is 1. The molecular formula is C13H22N2O4S. The van der Waals surface area contributed by atoms with Crippen molar-refractivity contribution in [1.29, 1.82) is 0 Å². The van der Waals surface area contributed by atoms with Gasteiger partial charge in [0.25, 0.3) is 0 Å². The number of nitrogens with zero attached hydrogens (tertiary/aromatic N) is 2. The molecule has 0 saturated carbocycles. The summed E-state index contributed by atoms with van der Waals surface area (Å²) in [6.07, 6.45) is 3.77. The largest absolute Gasteiger partial charge is 0.480 e. The number of hydrogen-bond donors (Lipinski definition) is 2. The number of urea groups is 1. The highest BCUT2D eigenvalue weighted by Gasteiger charge is 2.36. The normalized spacial score (nSPS) is 28.1. The van der Waals surface area contributed by atoms with E-state index in [1.165, 1.54) is 4.90 Å². The monoisotopic (exact) mass is 302 g/mol. The van der Waals surface area contributed by atoms with Crippen molar-refractivity contribution in [2.75, 3.05) is 31.2 Å². The van der Waals surface area contributed by atoms with E-state index in [-0.39, 0.29) is 18.7 Å². The fourth-order valence-electron chi connectivity index (χ4n) is 2.82. The maximum absolute atomic E-state index is 12.7. The second-order valence-corrected chi connectivity index (χ2v) is 6.43. The van der Waals surface area contributed by atoms with E-state index in [4.69, 9.17) is 0 Å². The molecule has 2 heterocycles. The summed E-state index contributed by atoms with van der Waals surface area (Å²) < 4.78 is 0. The summed E-state index contributed by atoms with van der Waals surface area (Å²) in [6, 6.07) is -1.14. The lowest BCUT2D eigenvalue weighted by Crippen LogP contribution is -2.57. The van der Waals surface area contributed by atoms with E-state index in [0.29, 0.717) is 18.8 Å². The second kappa shape index (κ2) is 7.17. The highest BCUT2D eigenvalue weighted by molar-refractivity contribution is 7.99. The fourth-order valence-corrected chi connectivity index (χ4v) is 3.86. The molecule has 6 nitrogen and oxygen atoms in total. The van der Waals surface area contributed by atoms with Crippen molar-refractivity contribution in [2.24, 2.45) is 0 Å². The van der Waals surface area contributed by atoms with E-state index < -0.39 is 12.0 Å². The molecule has 0 aromatic heterocycles. The van der Waals surface area contributed by atoms with Crippen LogP contribution in [0.3, 0.4) is 0 Å². The SMILES string of the molecule is O=C(O)C1CSCCN1C(=O)N1CCCCCC1CO. The molecule has 2 amide bonds. The number of carbonyl (C=O) groups is 2. The van der Waals surface area contributed by atoms with Crippen molar-refractivity contribution in [3.05, 3.63) is 0 Å². The Balaban J connectivity index is 2.12. The van der Waals surface area contributed by atoms with Crippen molar-refractivity contribution in [2.45, 2.75) is 37.8 Å². The van der Waals surface area contributed by atoms with Crippen LogP contribution in [-0.4, -0.2) is 75.3 Å². The number of carboxylic acid groups (broad SMARTS) is 1. The molecule has 2 rings (SSSR count). The van der Waals surface area contributed by atoms with Crippen LogP contribution in [0.4, 0.5) is 4.79 Å². The molecule has 2 N–H and O–H groups in total. The third-order valence-corrected chi connectivity index (χ3v) is 5.02. The van der Waals surface area contributed by atoms with Crippen molar-refractivity contribution < 1.29 is 19.8 Å². The third kappa shape index (κ3) is 3.38. The van der Waals surface area contributed by atoms with E-state index in [1.54, 1.807) is 16.7 Å². The van der Waals surface area contributed by atoms with E-state index in [9.17, 15) is 19.8 Å². The zero-order valence-corrected chi connectivity index (χ0v) is 12.3.